The number of benzene rings is 2. The van der Waals surface area contributed by atoms with E-state index in [1.165, 1.54) is 24.3 Å². The molecule has 0 radical (unpaired) electrons. The summed E-state index contributed by atoms with van der Waals surface area (Å²) in [5, 5.41) is 0.312. The Labute approximate surface area is 149 Å². The van der Waals surface area contributed by atoms with Gasteiger partial charge in [0.05, 0.1) is 11.2 Å². The molecule has 26 heavy (non-hydrogen) atoms. The molecule has 0 unspecified atom stereocenters. The molecule has 0 aliphatic carbocycles. The van der Waals surface area contributed by atoms with E-state index < -0.39 is 5.82 Å². The van der Waals surface area contributed by atoms with Crippen molar-refractivity contribution in [2.75, 3.05) is 38.1 Å². The van der Waals surface area contributed by atoms with Crippen LogP contribution in [0.1, 0.15) is 0 Å². The molecule has 1 fully saturated rings. The molecule has 6 heteroatoms. The van der Waals surface area contributed by atoms with Crippen molar-refractivity contribution in [3.63, 3.8) is 0 Å². The van der Waals surface area contributed by atoms with Crippen molar-refractivity contribution in [3.05, 3.63) is 70.5 Å². The van der Waals surface area contributed by atoms with Gasteiger partial charge in [0.2, 0.25) is 0 Å². The molecule has 1 aliphatic heterocycles. The minimum absolute atomic E-state index is 0.234. The first-order valence-electron chi connectivity index (χ1n) is 8.57. The van der Waals surface area contributed by atoms with E-state index in [0.29, 0.717) is 22.3 Å². The Morgan fingerprint density at radius 1 is 0.923 bits per heavy atom. The normalized spacial score (nSPS) is 15.6. The Morgan fingerprint density at radius 2 is 1.62 bits per heavy atom. The molecule has 1 aromatic heterocycles. The second kappa shape index (κ2) is 6.53. The zero-order valence-electron chi connectivity index (χ0n) is 14.5. The highest BCUT2D eigenvalue weighted by Crippen LogP contribution is 2.27. The van der Waals surface area contributed by atoms with Gasteiger partial charge in [0.1, 0.15) is 11.6 Å². The molecule has 3 aromatic rings. The van der Waals surface area contributed by atoms with E-state index in [0.717, 1.165) is 26.2 Å². The predicted molar refractivity (Wildman–Crippen MR) is 99.2 cm³/mol. The summed E-state index contributed by atoms with van der Waals surface area (Å²) in [6.07, 6.45) is 1.64. The van der Waals surface area contributed by atoms with Gasteiger partial charge in [0.15, 0.2) is 5.43 Å². The highest BCUT2D eigenvalue weighted by atomic mass is 19.1. The first-order chi connectivity index (χ1) is 12.5. The third-order valence-electron chi connectivity index (χ3n) is 4.91. The first kappa shape index (κ1) is 16.7. The molecule has 0 N–H and O–H groups in total. The topological polar surface area (TPSA) is 28.5 Å². The Morgan fingerprint density at radius 3 is 2.31 bits per heavy atom. The number of rotatable bonds is 2. The van der Waals surface area contributed by atoms with Crippen LogP contribution in [0.2, 0.25) is 0 Å². The number of pyridine rings is 1. The summed E-state index contributed by atoms with van der Waals surface area (Å²) in [6.45, 7) is 3.17. The fourth-order valence-corrected chi connectivity index (χ4v) is 3.38. The summed E-state index contributed by atoms with van der Waals surface area (Å²) in [7, 11) is 2.04. The zero-order chi connectivity index (χ0) is 18.3. The maximum Gasteiger partial charge on any atom is 0.189 e. The van der Waals surface area contributed by atoms with Crippen LogP contribution < -0.4 is 10.3 Å². The van der Waals surface area contributed by atoms with E-state index in [1.54, 1.807) is 29.0 Å². The standard InChI is InChI=1S/C20H19F2N3O/c1-23-8-10-24(11-9-23)19-13-18-16(12-17(19)22)20(26)6-7-25(18)15-4-2-14(21)3-5-15/h2-7,12-13H,8-11H2,1H3. The third kappa shape index (κ3) is 2.97. The quantitative estimate of drug-likeness (QED) is 0.708. The van der Waals surface area contributed by atoms with Crippen LogP contribution in [-0.2, 0) is 0 Å². The van der Waals surface area contributed by atoms with Gasteiger partial charge in [-0.05, 0) is 43.4 Å². The molecule has 0 atom stereocenters. The van der Waals surface area contributed by atoms with E-state index in [1.807, 2.05) is 11.9 Å². The number of aromatic nitrogens is 1. The summed E-state index contributed by atoms with van der Waals surface area (Å²) in [6, 6.07) is 10.4. The fraction of sp³-hybridized carbons (Fsp3) is 0.250. The van der Waals surface area contributed by atoms with Crippen molar-refractivity contribution in [2.45, 2.75) is 0 Å². The van der Waals surface area contributed by atoms with Crippen LogP contribution in [0, 0.1) is 11.6 Å². The number of likely N-dealkylation sites (N-methyl/N-ethyl adjacent to an activating group) is 1. The van der Waals surface area contributed by atoms with Gasteiger partial charge in [0.25, 0.3) is 0 Å². The largest absolute Gasteiger partial charge is 0.367 e. The molecule has 1 saturated heterocycles. The molecule has 0 bridgehead atoms. The molecule has 2 heterocycles. The Bertz CT molecular complexity index is 1010. The summed E-state index contributed by atoms with van der Waals surface area (Å²) in [5.74, 6) is -0.723. The maximum absolute atomic E-state index is 14.7. The fourth-order valence-electron chi connectivity index (χ4n) is 3.38. The summed E-state index contributed by atoms with van der Waals surface area (Å²) in [4.78, 5) is 16.4. The zero-order valence-corrected chi connectivity index (χ0v) is 14.5. The van der Waals surface area contributed by atoms with Crippen LogP contribution in [0.3, 0.4) is 0 Å². The maximum atomic E-state index is 14.7. The van der Waals surface area contributed by atoms with Crippen LogP contribution in [0.4, 0.5) is 14.5 Å². The second-order valence-electron chi connectivity index (χ2n) is 6.64. The van der Waals surface area contributed by atoms with Crippen LogP contribution in [0.25, 0.3) is 16.6 Å². The number of hydrogen-bond donors (Lipinski definition) is 0. The summed E-state index contributed by atoms with van der Waals surface area (Å²) >= 11 is 0. The number of fused-ring (bicyclic) bond motifs is 1. The number of halogens is 2. The van der Waals surface area contributed by atoms with Crippen molar-refractivity contribution >= 4 is 16.6 Å². The lowest BCUT2D eigenvalue weighted by molar-refractivity contribution is 0.312. The van der Waals surface area contributed by atoms with Gasteiger partial charge in [-0.25, -0.2) is 8.78 Å². The van der Waals surface area contributed by atoms with Gasteiger partial charge in [-0.3, -0.25) is 4.79 Å². The highest BCUT2D eigenvalue weighted by molar-refractivity contribution is 5.84. The van der Waals surface area contributed by atoms with E-state index in [2.05, 4.69) is 4.90 Å². The van der Waals surface area contributed by atoms with E-state index in [4.69, 9.17) is 0 Å². The van der Waals surface area contributed by atoms with Crippen LogP contribution in [-0.4, -0.2) is 42.7 Å². The summed E-state index contributed by atoms with van der Waals surface area (Å²) < 4.78 is 29.8. The number of hydrogen-bond acceptors (Lipinski definition) is 3. The SMILES string of the molecule is CN1CCN(c2cc3c(cc2F)c(=O)ccn3-c2ccc(F)cc2)CC1. The monoisotopic (exact) mass is 355 g/mol. The van der Waals surface area contributed by atoms with Gasteiger partial charge in [-0.15, -0.1) is 0 Å². The Hall–Kier alpha value is -2.73. The molecule has 0 saturated carbocycles. The average Bonchev–Trinajstić information content (AvgIpc) is 2.64. The lowest BCUT2D eigenvalue weighted by atomic mass is 10.1. The molecule has 2 aromatic carbocycles. The van der Waals surface area contributed by atoms with E-state index in [9.17, 15) is 13.6 Å². The molecule has 134 valence electrons. The highest BCUT2D eigenvalue weighted by Gasteiger charge is 2.19. The van der Waals surface area contributed by atoms with Crippen molar-refractivity contribution in [1.29, 1.82) is 0 Å². The molecule has 1 aliphatic rings. The minimum Gasteiger partial charge on any atom is -0.367 e. The van der Waals surface area contributed by atoms with E-state index in [-0.39, 0.29) is 11.2 Å². The van der Waals surface area contributed by atoms with Gasteiger partial charge in [-0.1, -0.05) is 0 Å². The van der Waals surface area contributed by atoms with Crippen molar-refractivity contribution < 1.29 is 8.78 Å². The van der Waals surface area contributed by atoms with Gasteiger partial charge >= 0.3 is 0 Å². The van der Waals surface area contributed by atoms with Crippen molar-refractivity contribution in [3.8, 4) is 5.69 Å². The smallest absolute Gasteiger partial charge is 0.189 e. The molecular weight excluding hydrogens is 336 g/mol. The lowest BCUT2D eigenvalue weighted by Gasteiger charge is -2.34. The molecule has 0 spiro atoms. The number of anilines is 1. The molecule has 0 amide bonds. The average molecular weight is 355 g/mol. The summed E-state index contributed by atoms with van der Waals surface area (Å²) in [5.41, 5.74) is 1.58. The lowest BCUT2D eigenvalue weighted by Crippen LogP contribution is -2.44. The van der Waals surface area contributed by atoms with Gasteiger partial charge in [0, 0.05) is 49.5 Å². The minimum atomic E-state index is -0.393. The Kier molecular flexibility index (Phi) is 4.20. The number of nitrogens with zero attached hydrogens (tertiary/aromatic N) is 3. The van der Waals surface area contributed by atoms with Crippen molar-refractivity contribution in [2.24, 2.45) is 0 Å². The first-order valence-corrected chi connectivity index (χ1v) is 8.57. The van der Waals surface area contributed by atoms with Gasteiger partial charge in [-0.2, -0.15) is 0 Å². The molecular formula is C20H19F2N3O. The van der Waals surface area contributed by atoms with Crippen LogP contribution >= 0.6 is 0 Å². The molecule has 4 nitrogen and oxygen atoms in total. The Balaban J connectivity index is 1.88. The van der Waals surface area contributed by atoms with Crippen LogP contribution in [0.15, 0.2) is 53.5 Å². The van der Waals surface area contributed by atoms with Crippen LogP contribution in [0.5, 0.6) is 0 Å². The molecule has 4 rings (SSSR count). The van der Waals surface area contributed by atoms with E-state index >= 15 is 0 Å². The van der Waals surface area contributed by atoms with Gasteiger partial charge < -0.3 is 14.4 Å². The predicted octanol–water partition coefficient (Wildman–Crippen LogP) is 3.02. The second-order valence-corrected chi connectivity index (χ2v) is 6.64. The van der Waals surface area contributed by atoms with Crippen molar-refractivity contribution in [1.82, 2.24) is 9.47 Å². The number of piperazine rings is 1. The third-order valence-corrected chi connectivity index (χ3v) is 4.91.